The first-order valence-electron chi connectivity index (χ1n) is 5.00. The van der Waals surface area contributed by atoms with E-state index in [2.05, 4.69) is 5.16 Å². The summed E-state index contributed by atoms with van der Waals surface area (Å²) in [6, 6.07) is 5.60. The van der Waals surface area contributed by atoms with Gasteiger partial charge in [0.05, 0.1) is 12.8 Å². The molecule has 1 aliphatic rings. The van der Waals surface area contributed by atoms with E-state index in [0.717, 1.165) is 23.1 Å². The van der Waals surface area contributed by atoms with Gasteiger partial charge in [-0.15, -0.1) is 23.2 Å². The molecule has 0 radical (unpaired) electrons. The van der Waals surface area contributed by atoms with E-state index in [1.807, 2.05) is 18.2 Å². The summed E-state index contributed by atoms with van der Waals surface area (Å²) in [7, 11) is 0. The number of halogens is 2. The van der Waals surface area contributed by atoms with Crippen molar-refractivity contribution in [3.8, 4) is 5.75 Å². The average Bonchev–Trinajstić information content (AvgIpc) is 2.69. The van der Waals surface area contributed by atoms with E-state index in [4.69, 9.17) is 32.5 Å². The molecular weight excluding hydrogens is 249 g/mol. The van der Waals surface area contributed by atoms with Crippen molar-refractivity contribution in [1.29, 1.82) is 0 Å². The summed E-state index contributed by atoms with van der Waals surface area (Å²) in [6.07, 6.45) is 2.46. The van der Waals surface area contributed by atoms with E-state index in [1.54, 1.807) is 6.20 Å². The minimum Gasteiger partial charge on any atom is -0.493 e. The molecule has 0 bridgehead atoms. The Kier molecular flexibility index (Phi) is 2.26. The summed E-state index contributed by atoms with van der Waals surface area (Å²) < 4.78 is 10.0. The molecule has 1 atom stereocenters. The molecule has 0 saturated heterocycles. The summed E-state index contributed by atoms with van der Waals surface area (Å²) in [4.78, 5) is 0. The van der Waals surface area contributed by atoms with Crippen LogP contribution < -0.4 is 4.74 Å². The van der Waals surface area contributed by atoms with E-state index in [0.29, 0.717) is 6.61 Å². The Morgan fingerprint density at radius 2 is 2.31 bits per heavy atom. The molecule has 1 aromatic carbocycles. The van der Waals surface area contributed by atoms with Crippen LogP contribution in [-0.2, 0) is 0 Å². The predicted molar refractivity (Wildman–Crippen MR) is 62.0 cm³/mol. The fraction of sp³-hybridized carbons (Fsp3) is 0.364. The first-order chi connectivity index (χ1) is 7.65. The Balaban J connectivity index is 1.70. The highest BCUT2D eigenvalue weighted by Crippen LogP contribution is 2.53. The number of aromatic nitrogens is 1. The third-order valence-corrected chi connectivity index (χ3v) is 3.66. The number of rotatable bonds is 3. The molecule has 1 saturated carbocycles. The van der Waals surface area contributed by atoms with Gasteiger partial charge in [0.25, 0.3) is 0 Å². The van der Waals surface area contributed by atoms with E-state index >= 15 is 0 Å². The summed E-state index contributed by atoms with van der Waals surface area (Å²) in [5.74, 6) is 0.974. The lowest BCUT2D eigenvalue weighted by atomic mass is 10.2. The molecular formula is C11H9Cl2NO2. The van der Waals surface area contributed by atoms with Crippen molar-refractivity contribution in [2.75, 3.05) is 6.61 Å². The minimum atomic E-state index is -0.587. The highest BCUT2D eigenvalue weighted by molar-refractivity contribution is 6.50. The number of fused-ring (bicyclic) bond motifs is 1. The summed E-state index contributed by atoms with van der Waals surface area (Å²) in [6.45, 7) is 0.534. The molecule has 16 heavy (non-hydrogen) atoms. The molecule has 2 aromatic rings. The van der Waals surface area contributed by atoms with Crippen LogP contribution >= 0.6 is 23.2 Å². The highest BCUT2D eigenvalue weighted by Gasteiger charge is 2.52. The van der Waals surface area contributed by atoms with Gasteiger partial charge >= 0.3 is 0 Å². The van der Waals surface area contributed by atoms with Gasteiger partial charge in [0, 0.05) is 17.4 Å². The zero-order valence-electron chi connectivity index (χ0n) is 8.32. The summed E-state index contributed by atoms with van der Waals surface area (Å²) >= 11 is 11.8. The van der Waals surface area contributed by atoms with Gasteiger partial charge in [-0.2, -0.15) is 0 Å². The van der Waals surface area contributed by atoms with Crippen molar-refractivity contribution >= 4 is 34.2 Å². The van der Waals surface area contributed by atoms with Gasteiger partial charge in [0.1, 0.15) is 10.1 Å². The van der Waals surface area contributed by atoms with Crippen LogP contribution in [0.4, 0.5) is 0 Å². The number of nitrogens with zero attached hydrogens (tertiary/aromatic N) is 1. The van der Waals surface area contributed by atoms with Crippen LogP contribution in [0.3, 0.4) is 0 Å². The fourth-order valence-corrected chi connectivity index (χ4v) is 2.08. The average molecular weight is 258 g/mol. The lowest BCUT2D eigenvalue weighted by molar-refractivity contribution is 0.298. The van der Waals surface area contributed by atoms with Gasteiger partial charge in [-0.05, 0) is 18.6 Å². The third-order valence-electron chi connectivity index (χ3n) is 2.73. The second kappa shape index (κ2) is 3.54. The van der Waals surface area contributed by atoms with E-state index < -0.39 is 4.33 Å². The molecule has 1 fully saturated rings. The smallest absolute Gasteiger partial charge is 0.170 e. The van der Waals surface area contributed by atoms with Crippen molar-refractivity contribution in [1.82, 2.24) is 5.16 Å². The van der Waals surface area contributed by atoms with E-state index in [9.17, 15) is 0 Å². The molecule has 1 aliphatic carbocycles. The van der Waals surface area contributed by atoms with Gasteiger partial charge in [0.15, 0.2) is 5.58 Å². The van der Waals surface area contributed by atoms with Gasteiger partial charge in [-0.1, -0.05) is 5.16 Å². The van der Waals surface area contributed by atoms with Crippen LogP contribution in [0.25, 0.3) is 11.0 Å². The first-order valence-corrected chi connectivity index (χ1v) is 5.76. The van der Waals surface area contributed by atoms with Crippen LogP contribution in [0, 0.1) is 5.92 Å². The van der Waals surface area contributed by atoms with Gasteiger partial charge in [-0.25, -0.2) is 0 Å². The van der Waals surface area contributed by atoms with Crippen molar-refractivity contribution in [2.24, 2.45) is 5.92 Å². The van der Waals surface area contributed by atoms with Crippen molar-refractivity contribution < 1.29 is 9.26 Å². The van der Waals surface area contributed by atoms with Crippen molar-refractivity contribution in [3.05, 3.63) is 24.4 Å². The van der Waals surface area contributed by atoms with E-state index in [1.165, 1.54) is 0 Å². The third kappa shape index (κ3) is 1.85. The Hall–Kier alpha value is -0.930. The number of alkyl halides is 2. The summed E-state index contributed by atoms with van der Waals surface area (Å²) in [5, 5.41) is 4.66. The molecule has 84 valence electrons. The van der Waals surface area contributed by atoms with Crippen molar-refractivity contribution in [3.63, 3.8) is 0 Å². The zero-order chi connectivity index (χ0) is 11.2. The molecule has 1 unspecified atom stereocenters. The maximum absolute atomic E-state index is 5.91. The van der Waals surface area contributed by atoms with Crippen LogP contribution in [-0.4, -0.2) is 16.1 Å². The second-order valence-electron chi connectivity index (χ2n) is 4.00. The number of hydrogen-bond donors (Lipinski definition) is 0. The first kappa shape index (κ1) is 10.2. The Labute approximate surface area is 102 Å². The van der Waals surface area contributed by atoms with Gasteiger partial charge < -0.3 is 9.26 Å². The molecule has 1 aromatic heterocycles. The Morgan fingerprint density at radius 3 is 3.06 bits per heavy atom. The Morgan fingerprint density at radius 1 is 1.50 bits per heavy atom. The molecule has 1 heterocycles. The summed E-state index contributed by atoms with van der Waals surface area (Å²) in [5.41, 5.74) is 0.719. The fourth-order valence-electron chi connectivity index (χ4n) is 1.58. The second-order valence-corrected chi connectivity index (χ2v) is 5.54. The molecule has 0 spiro atoms. The molecule has 0 N–H and O–H groups in total. The highest BCUT2D eigenvalue weighted by atomic mass is 35.5. The van der Waals surface area contributed by atoms with Crippen LogP contribution in [0.1, 0.15) is 6.42 Å². The molecule has 3 rings (SSSR count). The molecule has 5 heteroatoms. The van der Waals surface area contributed by atoms with E-state index in [-0.39, 0.29) is 5.92 Å². The standard InChI is InChI=1S/C11H9Cl2NO2/c12-11(13)4-8(11)6-15-9-2-1-7-5-14-16-10(7)3-9/h1-3,5,8H,4,6H2. The largest absolute Gasteiger partial charge is 0.493 e. The number of ether oxygens (including phenoxy) is 1. The lowest BCUT2D eigenvalue weighted by Gasteiger charge is -2.05. The quantitative estimate of drug-likeness (QED) is 0.791. The van der Waals surface area contributed by atoms with Gasteiger partial charge in [0.2, 0.25) is 0 Å². The molecule has 0 aliphatic heterocycles. The van der Waals surface area contributed by atoms with Crippen LogP contribution in [0.15, 0.2) is 28.9 Å². The predicted octanol–water partition coefficient (Wildman–Crippen LogP) is 3.40. The molecule has 3 nitrogen and oxygen atoms in total. The zero-order valence-corrected chi connectivity index (χ0v) is 9.83. The van der Waals surface area contributed by atoms with Crippen molar-refractivity contribution in [2.45, 2.75) is 10.8 Å². The SMILES string of the molecule is ClC1(Cl)CC1COc1ccc2cnoc2c1. The van der Waals surface area contributed by atoms with Crippen LogP contribution in [0.2, 0.25) is 0 Å². The maximum Gasteiger partial charge on any atom is 0.170 e. The lowest BCUT2D eigenvalue weighted by Crippen LogP contribution is -2.04. The minimum absolute atomic E-state index is 0.223. The Bertz CT molecular complexity index is 523. The number of benzene rings is 1. The van der Waals surface area contributed by atoms with Crippen LogP contribution in [0.5, 0.6) is 5.75 Å². The monoisotopic (exact) mass is 257 g/mol. The number of hydrogen-bond acceptors (Lipinski definition) is 3. The topological polar surface area (TPSA) is 35.3 Å². The maximum atomic E-state index is 5.91. The van der Waals surface area contributed by atoms with Gasteiger partial charge in [-0.3, -0.25) is 0 Å². The molecule has 0 amide bonds. The normalized spacial score (nSPS) is 22.2.